The van der Waals surface area contributed by atoms with Crippen molar-refractivity contribution in [3.8, 4) is 0 Å². The van der Waals surface area contributed by atoms with E-state index in [0.29, 0.717) is 19.4 Å². The van der Waals surface area contributed by atoms with Crippen LogP contribution in [0.3, 0.4) is 0 Å². The first-order valence-electron chi connectivity index (χ1n) is 16.7. The van der Waals surface area contributed by atoms with Crippen LogP contribution in [0.25, 0.3) is 0 Å². The van der Waals surface area contributed by atoms with Crippen LogP contribution in [-0.4, -0.2) is 83.6 Å². The monoisotopic (exact) mass is 644 g/mol. The minimum Gasteiger partial charge on any atom is -0.354 e. The van der Waals surface area contributed by atoms with Gasteiger partial charge in [0, 0.05) is 31.6 Å². The van der Waals surface area contributed by atoms with E-state index in [2.05, 4.69) is 40.4 Å². The van der Waals surface area contributed by atoms with Crippen LogP contribution in [0.2, 0.25) is 0 Å². The Morgan fingerprint density at radius 3 is 2.22 bits per heavy atom. The van der Waals surface area contributed by atoms with Crippen molar-refractivity contribution >= 4 is 35.4 Å². The number of nitrogens with zero attached hydrogens (tertiary/aromatic N) is 1. The largest absolute Gasteiger partial charge is 0.354 e. The number of hydrogen-bond acceptors (Lipinski definition) is 6. The average molecular weight is 645 g/mol. The number of carbonyl (C=O) groups is 6. The summed E-state index contributed by atoms with van der Waals surface area (Å²) in [6.07, 6.45) is 8.81. The fourth-order valence-electron chi connectivity index (χ4n) is 6.48. The summed E-state index contributed by atoms with van der Waals surface area (Å²) < 4.78 is 0. The summed E-state index contributed by atoms with van der Waals surface area (Å²) in [7, 11) is 0. The van der Waals surface area contributed by atoms with Crippen LogP contribution < -0.4 is 26.6 Å². The zero-order valence-corrected chi connectivity index (χ0v) is 29.1. The third-order valence-electron chi connectivity index (χ3n) is 9.39. The molecular weight excluding hydrogens is 588 g/mol. The Hall–Kier alpha value is -3.44. The van der Waals surface area contributed by atoms with Crippen molar-refractivity contribution < 1.29 is 28.8 Å². The molecule has 46 heavy (non-hydrogen) atoms. The van der Waals surface area contributed by atoms with Gasteiger partial charge in [0.25, 0.3) is 5.91 Å². The topological polar surface area (TPSA) is 166 Å². The molecule has 6 amide bonds. The summed E-state index contributed by atoms with van der Waals surface area (Å²) in [5, 5.41) is 13.8. The Morgan fingerprint density at radius 1 is 0.957 bits per heavy atom. The van der Waals surface area contributed by atoms with E-state index in [0.717, 1.165) is 32.1 Å². The number of urea groups is 1. The molecule has 12 heteroatoms. The minimum absolute atomic E-state index is 0.0787. The smallest absolute Gasteiger partial charge is 0.315 e. The van der Waals surface area contributed by atoms with Gasteiger partial charge in [-0.1, -0.05) is 53.2 Å². The van der Waals surface area contributed by atoms with Gasteiger partial charge in [-0.3, -0.25) is 24.0 Å². The van der Waals surface area contributed by atoms with E-state index in [-0.39, 0.29) is 42.2 Å². The van der Waals surface area contributed by atoms with Gasteiger partial charge in [0.2, 0.25) is 23.5 Å². The highest BCUT2D eigenvalue weighted by Crippen LogP contribution is 2.69. The molecule has 0 bridgehead atoms. The SMILES string of the molecule is CC(C)(C)NC(=O)N[C@H](C(=O)N1C[C@]2(C[C@H]1C(=O)NC1CC=CCCCCCC(=O)NCCNC(=O)C1=O)CC2(C)C)C(C)(C)C. The molecule has 2 heterocycles. The van der Waals surface area contributed by atoms with Gasteiger partial charge >= 0.3 is 6.03 Å². The van der Waals surface area contributed by atoms with Gasteiger partial charge in [-0.25, -0.2) is 4.79 Å². The van der Waals surface area contributed by atoms with E-state index in [1.165, 1.54) is 0 Å². The molecule has 5 N–H and O–H groups in total. The molecule has 3 aliphatic rings. The van der Waals surface area contributed by atoms with Crippen molar-refractivity contribution in [1.82, 2.24) is 31.5 Å². The van der Waals surface area contributed by atoms with Crippen molar-refractivity contribution in [2.45, 2.75) is 130 Å². The quantitative estimate of drug-likeness (QED) is 0.233. The first kappa shape index (κ1) is 37.0. The molecule has 1 spiro atoms. The Morgan fingerprint density at radius 2 is 1.61 bits per heavy atom. The van der Waals surface area contributed by atoms with Crippen molar-refractivity contribution in [3.63, 3.8) is 0 Å². The van der Waals surface area contributed by atoms with E-state index in [4.69, 9.17) is 0 Å². The van der Waals surface area contributed by atoms with Crippen LogP contribution >= 0.6 is 0 Å². The summed E-state index contributed by atoms with van der Waals surface area (Å²) >= 11 is 0. The van der Waals surface area contributed by atoms with Crippen LogP contribution in [0.15, 0.2) is 12.2 Å². The summed E-state index contributed by atoms with van der Waals surface area (Å²) in [5.41, 5.74) is -1.51. The van der Waals surface area contributed by atoms with Crippen molar-refractivity contribution in [2.75, 3.05) is 19.6 Å². The first-order valence-corrected chi connectivity index (χ1v) is 16.7. The maximum atomic E-state index is 14.3. The van der Waals surface area contributed by atoms with Crippen LogP contribution in [0.5, 0.6) is 0 Å². The molecule has 4 atom stereocenters. The number of nitrogens with one attached hydrogen (secondary N) is 5. The highest BCUT2D eigenvalue weighted by Gasteiger charge is 2.67. The molecule has 2 aliphatic heterocycles. The first-order chi connectivity index (χ1) is 21.3. The molecule has 1 saturated heterocycles. The molecule has 1 saturated carbocycles. The predicted octanol–water partition coefficient (Wildman–Crippen LogP) is 2.71. The number of rotatable bonds is 4. The standard InChI is InChI=1S/C34H56N6O6/c1-31(2,3)26(38-30(46)39-32(4,5)6)29(45)40-21-34(20-33(34,7)8)19-23(40)27(43)37-22-15-13-11-9-10-12-14-16-24(41)35-17-18-36-28(44)25(22)42/h11,13,22-23,26H,9-10,12,14-21H2,1-8H3,(H,35,41)(H,36,44)(H,37,43)(H2,38,39,46)/t22?,23-,26+,34-/m0/s1. The van der Waals surface area contributed by atoms with Crippen molar-refractivity contribution in [1.29, 1.82) is 0 Å². The predicted molar refractivity (Wildman–Crippen MR) is 175 cm³/mol. The van der Waals surface area contributed by atoms with E-state index in [1.54, 1.807) is 11.0 Å². The molecule has 0 radical (unpaired) electrons. The average Bonchev–Trinajstić information content (AvgIpc) is 3.25. The third-order valence-corrected chi connectivity index (χ3v) is 9.39. The summed E-state index contributed by atoms with van der Waals surface area (Å²) in [6, 6.07) is -3.39. The second kappa shape index (κ2) is 14.5. The van der Waals surface area contributed by atoms with Gasteiger partial charge in [0.1, 0.15) is 18.1 Å². The molecule has 12 nitrogen and oxygen atoms in total. The van der Waals surface area contributed by atoms with Crippen LogP contribution in [0.1, 0.15) is 107 Å². The number of likely N-dealkylation sites (tertiary alicyclic amines) is 1. The highest BCUT2D eigenvalue weighted by atomic mass is 16.2. The molecule has 0 aromatic carbocycles. The second-order valence-corrected chi connectivity index (χ2v) is 16.0. The number of ketones is 1. The zero-order chi connectivity index (χ0) is 34.5. The highest BCUT2D eigenvalue weighted by molar-refractivity contribution is 6.38. The number of carbonyl (C=O) groups excluding carboxylic acids is 6. The Kier molecular flexibility index (Phi) is 11.7. The molecule has 1 unspecified atom stereocenters. The van der Waals surface area contributed by atoms with Gasteiger partial charge in [-0.2, -0.15) is 0 Å². The van der Waals surface area contributed by atoms with Crippen LogP contribution in [0, 0.1) is 16.2 Å². The summed E-state index contributed by atoms with van der Waals surface area (Å²) in [6.45, 7) is 16.0. The number of hydrogen-bond donors (Lipinski definition) is 5. The number of Topliss-reactive ketones (excluding diaryl/α,β-unsaturated/α-hetero) is 1. The van der Waals surface area contributed by atoms with Crippen LogP contribution in [0.4, 0.5) is 4.79 Å². The van der Waals surface area contributed by atoms with Crippen molar-refractivity contribution in [3.05, 3.63) is 12.2 Å². The van der Waals surface area contributed by atoms with Gasteiger partial charge in [0.05, 0.1) is 0 Å². The van der Waals surface area contributed by atoms with E-state index >= 15 is 0 Å². The van der Waals surface area contributed by atoms with Crippen LogP contribution in [-0.2, 0) is 24.0 Å². The fraction of sp³-hybridized carbons (Fsp3) is 0.765. The van der Waals surface area contributed by atoms with E-state index in [1.807, 2.05) is 47.6 Å². The van der Waals surface area contributed by atoms with Gasteiger partial charge in [-0.05, 0) is 75.5 Å². The lowest BCUT2D eigenvalue weighted by atomic mass is 9.85. The second-order valence-electron chi connectivity index (χ2n) is 16.0. The van der Waals surface area contributed by atoms with Gasteiger partial charge in [-0.15, -0.1) is 0 Å². The van der Waals surface area contributed by atoms with Gasteiger partial charge in [0.15, 0.2) is 0 Å². The molecular formula is C34H56N6O6. The molecule has 258 valence electrons. The third kappa shape index (κ3) is 9.78. The molecule has 1 aliphatic carbocycles. The molecule has 0 aromatic heterocycles. The maximum absolute atomic E-state index is 14.3. The van der Waals surface area contributed by atoms with E-state index in [9.17, 15) is 28.8 Å². The minimum atomic E-state index is -1.12. The molecule has 3 rings (SSSR count). The number of amides is 6. The Labute approximate surface area is 274 Å². The van der Waals surface area contributed by atoms with Crippen molar-refractivity contribution in [2.24, 2.45) is 16.2 Å². The molecule has 2 fully saturated rings. The number of allylic oxidation sites excluding steroid dienone is 1. The normalized spacial score (nSPS) is 27.0. The lowest BCUT2D eigenvalue weighted by molar-refractivity contribution is -0.143. The molecule has 0 aromatic rings. The summed E-state index contributed by atoms with van der Waals surface area (Å²) in [5.74, 6) is -2.59. The lowest BCUT2D eigenvalue weighted by Crippen LogP contribution is -2.61. The van der Waals surface area contributed by atoms with E-state index < -0.39 is 52.7 Å². The Bertz CT molecular complexity index is 1220. The lowest BCUT2D eigenvalue weighted by Gasteiger charge is -2.36. The zero-order valence-electron chi connectivity index (χ0n) is 29.1. The Balaban J connectivity index is 1.84. The fourth-order valence-corrected chi connectivity index (χ4v) is 6.48. The van der Waals surface area contributed by atoms with Gasteiger partial charge < -0.3 is 31.5 Å². The maximum Gasteiger partial charge on any atom is 0.315 e. The summed E-state index contributed by atoms with van der Waals surface area (Å²) in [4.78, 5) is 80.9.